The highest BCUT2D eigenvalue weighted by molar-refractivity contribution is 5.86. The quantitative estimate of drug-likeness (QED) is 0.510. The van der Waals surface area contributed by atoms with Gasteiger partial charge in [0.05, 0.1) is 12.1 Å². The molecule has 0 bridgehead atoms. The molecule has 7 heteroatoms. The molecule has 7 nitrogen and oxygen atoms in total. The van der Waals surface area contributed by atoms with Crippen LogP contribution in [0.5, 0.6) is 0 Å². The Morgan fingerprint density at radius 1 is 1.30 bits per heavy atom. The van der Waals surface area contributed by atoms with Crippen molar-refractivity contribution >= 4 is 29.0 Å². The van der Waals surface area contributed by atoms with Crippen molar-refractivity contribution in [2.24, 2.45) is 11.5 Å². The van der Waals surface area contributed by atoms with Gasteiger partial charge in [0.2, 0.25) is 11.8 Å². The van der Waals surface area contributed by atoms with Gasteiger partial charge in [-0.05, 0) is 18.1 Å². The van der Waals surface area contributed by atoms with E-state index >= 15 is 0 Å². The molecule has 2 rings (SSSR count). The number of fused-ring (bicyclic) bond motifs is 1. The molecule has 1 aromatic carbocycles. The van der Waals surface area contributed by atoms with E-state index in [1.54, 1.807) is 0 Å². The van der Waals surface area contributed by atoms with E-state index in [-0.39, 0.29) is 12.8 Å². The predicted molar refractivity (Wildman–Crippen MR) is 86.4 cm³/mol. The number of aromatic amines is 1. The average Bonchev–Trinajstić information content (AvgIpc) is 2.94. The average molecular weight is 316 g/mol. The number of carbonyl (C=O) groups is 3. The van der Waals surface area contributed by atoms with E-state index in [0.29, 0.717) is 12.7 Å². The Labute approximate surface area is 133 Å². The summed E-state index contributed by atoms with van der Waals surface area (Å²) < 4.78 is 0. The molecule has 0 saturated carbocycles. The summed E-state index contributed by atoms with van der Waals surface area (Å²) in [5.41, 5.74) is 12.6. The Hall–Kier alpha value is -2.67. The van der Waals surface area contributed by atoms with Crippen LogP contribution in [-0.2, 0) is 20.8 Å². The van der Waals surface area contributed by atoms with E-state index in [9.17, 15) is 14.4 Å². The highest BCUT2D eigenvalue weighted by Crippen LogP contribution is 2.18. The number of H-pyrrole nitrogens is 1. The van der Waals surface area contributed by atoms with E-state index < -0.39 is 23.9 Å². The summed E-state index contributed by atoms with van der Waals surface area (Å²) in [6.07, 6.45) is 3.05. The Balaban J connectivity index is 1.98. The molecule has 1 aromatic heterocycles. The highest BCUT2D eigenvalue weighted by Gasteiger charge is 2.19. The summed E-state index contributed by atoms with van der Waals surface area (Å²) in [4.78, 5) is 37.1. The van der Waals surface area contributed by atoms with E-state index in [4.69, 9.17) is 11.5 Å². The normalized spacial score (nSPS) is 13.4. The minimum absolute atomic E-state index is 0.0305. The van der Waals surface area contributed by atoms with E-state index in [2.05, 4.69) is 10.3 Å². The van der Waals surface area contributed by atoms with Gasteiger partial charge in [-0.2, -0.15) is 0 Å². The maximum absolute atomic E-state index is 12.0. The van der Waals surface area contributed by atoms with Crippen LogP contribution in [0.3, 0.4) is 0 Å². The third-order valence-electron chi connectivity index (χ3n) is 3.65. The van der Waals surface area contributed by atoms with Crippen molar-refractivity contribution in [3.05, 3.63) is 36.0 Å². The fourth-order valence-corrected chi connectivity index (χ4v) is 2.39. The van der Waals surface area contributed by atoms with E-state index in [1.807, 2.05) is 30.5 Å². The second kappa shape index (κ2) is 7.55. The zero-order chi connectivity index (χ0) is 16.8. The highest BCUT2D eigenvalue weighted by atomic mass is 16.2. The van der Waals surface area contributed by atoms with Crippen LogP contribution in [0.4, 0.5) is 0 Å². The number of aromatic nitrogens is 1. The van der Waals surface area contributed by atoms with Crippen molar-refractivity contribution in [1.29, 1.82) is 0 Å². The van der Waals surface area contributed by atoms with E-state index in [0.717, 1.165) is 16.5 Å². The molecule has 0 fully saturated rings. The molecule has 0 aliphatic rings. The molecular weight excluding hydrogens is 296 g/mol. The number of para-hydroxylation sites is 1. The standard InChI is InChI=1S/C16H20N4O3/c17-13(5-6-15(18)22)16(23)20-11(9-21)7-10-8-19-14-4-2-1-3-12(10)14/h1-4,8-9,11,13,19H,5-7,17H2,(H2,18,22)(H,20,23)/t11-,13-/m0/s1. The number of nitrogens with one attached hydrogen (secondary N) is 2. The predicted octanol–water partition coefficient (Wildman–Crippen LogP) is -0.0131. The van der Waals surface area contributed by atoms with Gasteiger partial charge in [-0.25, -0.2) is 0 Å². The lowest BCUT2D eigenvalue weighted by Crippen LogP contribution is -2.47. The summed E-state index contributed by atoms with van der Waals surface area (Å²) >= 11 is 0. The summed E-state index contributed by atoms with van der Waals surface area (Å²) in [6, 6.07) is 6.17. The number of carbonyl (C=O) groups excluding carboxylic acids is 3. The largest absolute Gasteiger partial charge is 0.370 e. The minimum Gasteiger partial charge on any atom is -0.370 e. The summed E-state index contributed by atoms with van der Waals surface area (Å²) in [5.74, 6) is -0.984. The third kappa shape index (κ3) is 4.40. The van der Waals surface area contributed by atoms with Crippen LogP contribution in [0, 0.1) is 0 Å². The van der Waals surface area contributed by atoms with Crippen LogP contribution < -0.4 is 16.8 Å². The molecule has 1 heterocycles. The zero-order valence-corrected chi connectivity index (χ0v) is 12.6. The van der Waals surface area contributed by atoms with Gasteiger partial charge in [0.25, 0.3) is 0 Å². The molecule has 0 radical (unpaired) electrons. The van der Waals surface area contributed by atoms with Crippen LogP contribution in [-0.4, -0.2) is 35.2 Å². The molecule has 6 N–H and O–H groups in total. The molecule has 0 aliphatic carbocycles. The third-order valence-corrected chi connectivity index (χ3v) is 3.65. The van der Waals surface area contributed by atoms with Crippen LogP contribution in [0.2, 0.25) is 0 Å². The lowest BCUT2D eigenvalue weighted by molar-refractivity contribution is -0.125. The molecular formula is C16H20N4O3. The zero-order valence-electron chi connectivity index (χ0n) is 12.6. The first-order chi connectivity index (χ1) is 11.0. The van der Waals surface area contributed by atoms with Crippen molar-refractivity contribution in [3.63, 3.8) is 0 Å². The van der Waals surface area contributed by atoms with Gasteiger partial charge in [-0.1, -0.05) is 18.2 Å². The molecule has 2 amide bonds. The molecule has 2 atom stereocenters. The molecule has 0 unspecified atom stereocenters. The number of nitrogens with two attached hydrogens (primary N) is 2. The fraction of sp³-hybridized carbons (Fsp3) is 0.312. The second-order valence-electron chi connectivity index (χ2n) is 5.43. The minimum atomic E-state index is -0.868. The molecule has 122 valence electrons. The Morgan fingerprint density at radius 3 is 2.74 bits per heavy atom. The summed E-state index contributed by atoms with van der Waals surface area (Å²) in [6.45, 7) is 0. The van der Waals surface area contributed by atoms with Gasteiger partial charge < -0.3 is 26.6 Å². The van der Waals surface area contributed by atoms with E-state index in [1.165, 1.54) is 0 Å². The first-order valence-electron chi connectivity index (χ1n) is 7.35. The van der Waals surface area contributed by atoms with Gasteiger partial charge >= 0.3 is 0 Å². The molecule has 23 heavy (non-hydrogen) atoms. The van der Waals surface area contributed by atoms with Crippen molar-refractivity contribution in [2.75, 3.05) is 0 Å². The van der Waals surface area contributed by atoms with Crippen molar-refractivity contribution in [2.45, 2.75) is 31.3 Å². The number of aldehydes is 1. The second-order valence-corrected chi connectivity index (χ2v) is 5.43. The van der Waals surface area contributed by atoms with Crippen molar-refractivity contribution in [3.8, 4) is 0 Å². The SMILES string of the molecule is NC(=O)CC[C@H](N)C(=O)N[C@H](C=O)Cc1c[nH]c2ccccc12. The maximum Gasteiger partial charge on any atom is 0.237 e. The Morgan fingerprint density at radius 2 is 2.04 bits per heavy atom. The number of amides is 2. The van der Waals surface area contributed by atoms with Crippen LogP contribution in [0.1, 0.15) is 18.4 Å². The van der Waals surface area contributed by atoms with Crippen LogP contribution in [0.15, 0.2) is 30.5 Å². The van der Waals surface area contributed by atoms with Gasteiger partial charge in [-0.3, -0.25) is 9.59 Å². The molecule has 2 aromatic rings. The first kappa shape index (κ1) is 16.7. The first-order valence-corrected chi connectivity index (χ1v) is 7.35. The molecule has 0 spiro atoms. The molecule has 0 aliphatic heterocycles. The fourth-order valence-electron chi connectivity index (χ4n) is 2.39. The van der Waals surface area contributed by atoms with Crippen LogP contribution >= 0.6 is 0 Å². The molecule has 0 saturated heterocycles. The summed E-state index contributed by atoms with van der Waals surface area (Å²) in [5, 5.41) is 3.60. The smallest absolute Gasteiger partial charge is 0.237 e. The number of primary amides is 1. The topological polar surface area (TPSA) is 131 Å². The van der Waals surface area contributed by atoms with Crippen molar-refractivity contribution < 1.29 is 14.4 Å². The number of hydrogen-bond donors (Lipinski definition) is 4. The van der Waals surface area contributed by atoms with Gasteiger partial charge in [0.15, 0.2) is 0 Å². The number of benzene rings is 1. The van der Waals surface area contributed by atoms with Gasteiger partial charge in [-0.15, -0.1) is 0 Å². The monoisotopic (exact) mass is 316 g/mol. The van der Waals surface area contributed by atoms with Gasteiger partial charge in [0.1, 0.15) is 6.29 Å². The van der Waals surface area contributed by atoms with Crippen molar-refractivity contribution in [1.82, 2.24) is 10.3 Å². The lowest BCUT2D eigenvalue weighted by atomic mass is 10.0. The number of hydrogen-bond acceptors (Lipinski definition) is 4. The Bertz CT molecular complexity index is 710. The Kier molecular flexibility index (Phi) is 5.48. The van der Waals surface area contributed by atoms with Crippen LogP contribution in [0.25, 0.3) is 10.9 Å². The summed E-state index contributed by atoms with van der Waals surface area (Å²) in [7, 11) is 0. The van der Waals surface area contributed by atoms with Gasteiger partial charge in [0, 0.05) is 29.9 Å². The lowest BCUT2D eigenvalue weighted by Gasteiger charge is -2.16. The number of rotatable bonds is 8. The maximum atomic E-state index is 12.0.